The Hall–Kier alpha value is -0.870. The number of aliphatic imine (C=N–C) groups is 1. The van der Waals surface area contributed by atoms with Crippen molar-refractivity contribution in [2.24, 2.45) is 4.99 Å². The number of hydrogen-bond donors (Lipinski definition) is 2. The molecule has 0 unspecified atom stereocenters. The summed E-state index contributed by atoms with van der Waals surface area (Å²) in [5.74, 6) is 0.988. The fraction of sp³-hybridized carbons (Fsp3) is 0.750. The predicted octanol–water partition coefficient (Wildman–Crippen LogP) is 1.37. The molecule has 1 aliphatic heterocycles. The maximum absolute atomic E-state index is 4.89. The first kappa shape index (κ1) is 21.2. The third-order valence-corrected chi connectivity index (χ3v) is 3.82. The molecule has 0 aliphatic carbocycles. The minimum absolute atomic E-state index is 0. The average molecular weight is 450 g/mol. The van der Waals surface area contributed by atoms with Crippen LogP contribution in [0.25, 0.3) is 0 Å². The summed E-state index contributed by atoms with van der Waals surface area (Å²) in [4.78, 5) is 9.11. The lowest BCUT2D eigenvalue weighted by molar-refractivity contribution is 0.169. The van der Waals surface area contributed by atoms with Crippen molar-refractivity contribution in [1.29, 1.82) is 0 Å². The molecule has 0 amide bonds. The van der Waals surface area contributed by atoms with E-state index in [0.717, 1.165) is 57.5 Å². The number of piperazine rings is 1. The summed E-state index contributed by atoms with van der Waals surface area (Å²) in [5.41, 5.74) is 1.15. The minimum atomic E-state index is 0. The molecule has 8 heteroatoms. The molecule has 2 heterocycles. The Balaban J connectivity index is 0.00000288. The third kappa shape index (κ3) is 7.35. The van der Waals surface area contributed by atoms with Crippen molar-refractivity contribution in [3.05, 3.63) is 18.0 Å². The normalized spacial score (nSPS) is 16.8. The summed E-state index contributed by atoms with van der Waals surface area (Å²) in [6, 6.07) is 1.93. The van der Waals surface area contributed by atoms with Crippen LogP contribution in [0.5, 0.6) is 0 Å². The van der Waals surface area contributed by atoms with Gasteiger partial charge in [0.1, 0.15) is 6.26 Å². The van der Waals surface area contributed by atoms with Gasteiger partial charge in [0.2, 0.25) is 0 Å². The number of rotatable bonds is 5. The van der Waals surface area contributed by atoms with Crippen molar-refractivity contribution in [2.45, 2.75) is 32.9 Å². The van der Waals surface area contributed by atoms with Crippen LogP contribution in [-0.2, 0) is 6.54 Å². The highest BCUT2D eigenvalue weighted by atomic mass is 127. The van der Waals surface area contributed by atoms with Crippen LogP contribution in [0.1, 0.15) is 26.5 Å². The van der Waals surface area contributed by atoms with E-state index in [4.69, 9.17) is 4.52 Å². The lowest BCUT2D eigenvalue weighted by Gasteiger charge is -2.36. The topological polar surface area (TPSA) is 68.9 Å². The molecule has 138 valence electrons. The highest BCUT2D eigenvalue weighted by Crippen LogP contribution is 2.07. The molecule has 0 spiro atoms. The highest BCUT2D eigenvalue weighted by Gasteiger charge is 2.20. The van der Waals surface area contributed by atoms with E-state index in [2.05, 4.69) is 51.4 Å². The summed E-state index contributed by atoms with van der Waals surface area (Å²) >= 11 is 0. The average Bonchev–Trinajstić information content (AvgIpc) is 3.00. The van der Waals surface area contributed by atoms with Gasteiger partial charge in [0.05, 0.1) is 5.69 Å². The molecule has 1 saturated heterocycles. The first-order chi connectivity index (χ1) is 11.0. The van der Waals surface area contributed by atoms with Crippen LogP contribution in [0, 0.1) is 0 Å². The molecule has 0 saturated carbocycles. The molecule has 1 aromatic rings. The molecule has 0 atom stereocenters. The van der Waals surface area contributed by atoms with E-state index < -0.39 is 0 Å². The number of aromatic nitrogens is 1. The fourth-order valence-corrected chi connectivity index (χ4v) is 2.61. The third-order valence-electron chi connectivity index (χ3n) is 3.82. The van der Waals surface area contributed by atoms with Crippen molar-refractivity contribution < 1.29 is 4.52 Å². The van der Waals surface area contributed by atoms with Gasteiger partial charge >= 0.3 is 0 Å². The molecule has 1 fully saturated rings. The Morgan fingerprint density at radius 1 is 1.25 bits per heavy atom. The largest absolute Gasteiger partial charge is 0.364 e. The van der Waals surface area contributed by atoms with Crippen molar-refractivity contribution in [3.8, 4) is 0 Å². The van der Waals surface area contributed by atoms with Gasteiger partial charge in [-0.05, 0) is 20.8 Å². The summed E-state index contributed by atoms with van der Waals surface area (Å²) in [7, 11) is 1.85. The summed E-state index contributed by atoms with van der Waals surface area (Å²) in [5, 5.41) is 10.9. The lowest BCUT2D eigenvalue weighted by Crippen LogP contribution is -2.53. The second kappa shape index (κ2) is 10.2. The van der Waals surface area contributed by atoms with E-state index in [1.54, 1.807) is 6.26 Å². The van der Waals surface area contributed by atoms with E-state index in [-0.39, 0.29) is 29.5 Å². The summed E-state index contributed by atoms with van der Waals surface area (Å²) in [6.45, 7) is 13.2. The van der Waals surface area contributed by atoms with Crippen LogP contribution >= 0.6 is 24.0 Å². The van der Waals surface area contributed by atoms with Gasteiger partial charge < -0.3 is 20.1 Å². The monoisotopic (exact) mass is 450 g/mol. The second-order valence-corrected chi connectivity index (χ2v) is 6.90. The molecule has 1 aliphatic rings. The Morgan fingerprint density at radius 2 is 1.96 bits per heavy atom. The zero-order chi connectivity index (χ0) is 16.7. The van der Waals surface area contributed by atoms with Gasteiger partial charge in [-0.1, -0.05) is 5.16 Å². The van der Waals surface area contributed by atoms with Crippen molar-refractivity contribution in [1.82, 2.24) is 25.6 Å². The molecular formula is C16H31IN6O. The number of halogens is 1. The van der Waals surface area contributed by atoms with Gasteiger partial charge in [0.15, 0.2) is 5.96 Å². The van der Waals surface area contributed by atoms with Crippen molar-refractivity contribution in [2.75, 3.05) is 46.3 Å². The van der Waals surface area contributed by atoms with Crippen LogP contribution < -0.4 is 10.6 Å². The van der Waals surface area contributed by atoms with Gasteiger partial charge in [-0.3, -0.25) is 9.89 Å². The zero-order valence-corrected chi connectivity index (χ0v) is 17.5. The smallest absolute Gasteiger partial charge is 0.193 e. The van der Waals surface area contributed by atoms with Crippen molar-refractivity contribution >= 4 is 29.9 Å². The second-order valence-electron chi connectivity index (χ2n) is 6.90. The summed E-state index contributed by atoms with van der Waals surface area (Å²) < 4.78 is 4.89. The first-order valence-electron chi connectivity index (χ1n) is 8.30. The SMILES string of the molecule is CN=C(NCCNC(C)(C)C)N1CCN(Cc2ccon2)CC1.I. The Kier molecular flexibility index (Phi) is 8.99. The van der Waals surface area contributed by atoms with Gasteiger partial charge in [0, 0.05) is 64.5 Å². The van der Waals surface area contributed by atoms with Gasteiger partial charge in [-0.25, -0.2) is 0 Å². The predicted molar refractivity (Wildman–Crippen MR) is 108 cm³/mol. The number of nitrogens with one attached hydrogen (secondary N) is 2. The fourth-order valence-electron chi connectivity index (χ4n) is 2.61. The van der Waals surface area contributed by atoms with Crippen LogP contribution in [0.3, 0.4) is 0 Å². The Morgan fingerprint density at radius 3 is 2.50 bits per heavy atom. The molecule has 1 aromatic heterocycles. The van der Waals surface area contributed by atoms with Crippen LogP contribution in [0.4, 0.5) is 0 Å². The standard InChI is InChI=1S/C16H30N6O.HI/c1-16(2,3)19-7-6-18-15(17-4)22-10-8-21(9-11-22)13-14-5-12-23-20-14;/h5,12,19H,6-11,13H2,1-4H3,(H,17,18);1H. The van der Waals surface area contributed by atoms with E-state index >= 15 is 0 Å². The molecule has 7 nitrogen and oxygen atoms in total. The zero-order valence-electron chi connectivity index (χ0n) is 15.2. The van der Waals surface area contributed by atoms with E-state index in [0.29, 0.717) is 0 Å². The lowest BCUT2D eigenvalue weighted by atomic mass is 10.1. The molecule has 24 heavy (non-hydrogen) atoms. The Labute approximate surface area is 162 Å². The summed E-state index contributed by atoms with van der Waals surface area (Å²) in [6.07, 6.45) is 1.63. The van der Waals surface area contributed by atoms with E-state index in [1.807, 2.05) is 13.1 Å². The maximum Gasteiger partial charge on any atom is 0.193 e. The molecule has 2 rings (SSSR count). The van der Waals surface area contributed by atoms with Gasteiger partial charge in [-0.15, -0.1) is 24.0 Å². The van der Waals surface area contributed by atoms with E-state index in [1.165, 1.54) is 0 Å². The molecule has 0 radical (unpaired) electrons. The Bertz CT molecular complexity index is 477. The van der Waals surface area contributed by atoms with Crippen LogP contribution in [0.2, 0.25) is 0 Å². The van der Waals surface area contributed by atoms with Crippen LogP contribution in [0.15, 0.2) is 21.8 Å². The van der Waals surface area contributed by atoms with E-state index in [9.17, 15) is 0 Å². The molecule has 0 bridgehead atoms. The quantitative estimate of drug-likeness (QED) is 0.306. The molecular weight excluding hydrogens is 419 g/mol. The number of nitrogens with zero attached hydrogens (tertiary/aromatic N) is 4. The molecule has 0 aromatic carbocycles. The van der Waals surface area contributed by atoms with Crippen molar-refractivity contribution in [3.63, 3.8) is 0 Å². The maximum atomic E-state index is 4.89. The van der Waals surface area contributed by atoms with Gasteiger partial charge in [0.25, 0.3) is 0 Å². The highest BCUT2D eigenvalue weighted by molar-refractivity contribution is 14.0. The van der Waals surface area contributed by atoms with Crippen LogP contribution in [-0.4, -0.2) is 72.8 Å². The molecule has 2 N–H and O–H groups in total. The number of hydrogen-bond acceptors (Lipinski definition) is 5. The number of guanidine groups is 1. The first-order valence-corrected chi connectivity index (χ1v) is 8.30. The minimum Gasteiger partial charge on any atom is -0.364 e. The van der Waals surface area contributed by atoms with Gasteiger partial charge in [-0.2, -0.15) is 0 Å².